The predicted molar refractivity (Wildman–Crippen MR) is 107 cm³/mol. The Hall–Kier alpha value is -3.69. The number of hydrogen-bond donors (Lipinski definition) is 1. The smallest absolute Gasteiger partial charge is 0.417 e. The minimum Gasteiger partial charge on any atom is -0.486 e. The number of aliphatic carboxylic acids is 1. The number of esters is 1. The van der Waals surface area contributed by atoms with Crippen LogP contribution in [0.2, 0.25) is 0 Å². The number of pyridine rings is 1. The number of halogens is 4. The summed E-state index contributed by atoms with van der Waals surface area (Å²) in [5, 5.41) is 9.79. The van der Waals surface area contributed by atoms with E-state index in [0.29, 0.717) is 12.6 Å². The molecule has 10 heteroatoms. The Kier molecular flexibility index (Phi) is 5.69. The number of carboxylic acids is 1. The molecule has 1 aliphatic carbocycles. The molecule has 1 N–H and O–H groups in total. The summed E-state index contributed by atoms with van der Waals surface area (Å²) in [5.41, 5.74) is -2.80. The summed E-state index contributed by atoms with van der Waals surface area (Å²) >= 11 is 0. The van der Waals surface area contributed by atoms with Crippen molar-refractivity contribution in [1.82, 2.24) is 4.98 Å². The number of carbonyl (C=O) groups excluding carboxylic acids is 1. The van der Waals surface area contributed by atoms with Gasteiger partial charge >= 0.3 is 18.1 Å². The van der Waals surface area contributed by atoms with Crippen molar-refractivity contribution in [2.24, 2.45) is 0 Å². The summed E-state index contributed by atoms with van der Waals surface area (Å²) in [7, 11) is 0. The van der Waals surface area contributed by atoms with Gasteiger partial charge in [-0.15, -0.1) is 0 Å². The Morgan fingerprint density at radius 3 is 2.33 bits per heavy atom. The number of ether oxygens (including phenoxy) is 2. The van der Waals surface area contributed by atoms with E-state index in [1.165, 1.54) is 12.1 Å². The summed E-state index contributed by atoms with van der Waals surface area (Å²) in [6, 6.07) is 9.00. The average Bonchev–Trinajstić information content (AvgIpc) is 2.75. The van der Waals surface area contributed by atoms with Gasteiger partial charge in [-0.2, -0.15) is 13.2 Å². The van der Waals surface area contributed by atoms with Crippen molar-refractivity contribution in [3.8, 4) is 5.75 Å². The number of nitrogens with zero attached hydrogens (tertiary/aromatic N) is 1. The van der Waals surface area contributed by atoms with Crippen LogP contribution in [0.3, 0.4) is 0 Å². The van der Waals surface area contributed by atoms with E-state index in [4.69, 9.17) is 9.47 Å². The van der Waals surface area contributed by atoms with Gasteiger partial charge in [0.2, 0.25) is 5.60 Å². The van der Waals surface area contributed by atoms with Crippen molar-refractivity contribution in [2.75, 3.05) is 0 Å². The van der Waals surface area contributed by atoms with Crippen LogP contribution in [0, 0.1) is 5.82 Å². The Balaban J connectivity index is 1.68. The molecule has 33 heavy (non-hydrogen) atoms. The molecule has 6 nitrogen and oxygen atoms in total. The van der Waals surface area contributed by atoms with E-state index >= 15 is 0 Å². The van der Waals surface area contributed by atoms with Crippen molar-refractivity contribution < 1.29 is 41.7 Å². The summed E-state index contributed by atoms with van der Waals surface area (Å²) < 4.78 is 63.9. The second-order valence-electron chi connectivity index (χ2n) is 7.65. The minimum absolute atomic E-state index is 0.0847. The van der Waals surface area contributed by atoms with Gasteiger partial charge in [0.05, 0.1) is 11.3 Å². The first-order chi connectivity index (χ1) is 15.6. The lowest BCUT2D eigenvalue weighted by Gasteiger charge is -2.36. The molecule has 0 aliphatic heterocycles. The Labute approximate surface area is 184 Å². The van der Waals surface area contributed by atoms with Gasteiger partial charge in [-0.05, 0) is 37.5 Å². The van der Waals surface area contributed by atoms with Gasteiger partial charge in [0.1, 0.15) is 23.7 Å². The molecule has 172 valence electrons. The first kappa shape index (κ1) is 22.5. The van der Waals surface area contributed by atoms with Crippen LogP contribution in [0.5, 0.6) is 5.75 Å². The number of carboxylic acid groups (broad SMARTS) is 1. The molecule has 0 amide bonds. The van der Waals surface area contributed by atoms with E-state index in [1.54, 1.807) is 12.1 Å². The van der Waals surface area contributed by atoms with Crippen molar-refractivity contribution in [3.05, 3.63) is 71.3 Å². The van der Waals surface area contributed by atoms with Crippen LogP contribution in [0.4, 0.5) is 17.6 Å². The third kappa shape index (κ3) is 4.33. The van der Waals surface area contributed by atoms with E-state index < -0.39 is 35.1 Å². The van der Waals surface area contributed by atoms with Crippen molar-refractivity contribution in [3.63, 3.8) is 0 Å². The zero-order valence-corrected chi connectivity index (χ0v) is 17.0. The van der Waals surface area contributed by atoms with Crippen LogP contribution in [-0.2, 0) is 22.3 Å². The van der Waals surface area contributed by atoms with Gasteiger partial charge in [-0.3, -0.25) is 4.98 Å². The van der Waals surface area contributed by atoms with E-state index in [0.717, 1.165) is 18.2 Å². The molecule has 0 spiro atoms. The van der Waals surface area contributed by atoms with Crippen LogP contribution >= 0.6 is 0 Å². The predicted octanol–water partition coefficient (Wildman–Crippen LogP) is 5.14. The van der Waals surface area contributed by atoms with E-state index in [-0.39, 0.29) is 47.2 Å². The molecular weight excluding hydrogens is 446 g/mol. The third-order valence-electron chi connectivity index (χ3n) is 5.52. The molecule has 1 aromatic heterocycles. The molecule has 1 heterocycles. The highest BCUT2D eigenvalue weighted by atomic mass is 19.4. The van der Waals surface area contributed by atoms with Crippen molar-refractivity contribution in [2.45, 2.75) is 37.6 Å². The fourth-order valence-corrected chi connectivity index (χ4v) is 3.53. The lowest BCUT2D eigenvalue weighted by Crippen LogP contribution is -2.49. The molecule has 0 saturated heterocycles. The van der Waals surface area contributed by atoms with Crippen LogP contribution in [0.1, 0.15) is 40.9 Å². The van der Waals surface area contributed by atoms with Gasteiger partial charge in [0.25, 0.3) is 0 Å². The van der Waals surface area contributed by atoms with E-state index in [9.17, 15) is 32.3 Å². The molecule has 1 fully saturated rings. The largest absolute Gasteiger partial charge is 0.486 e. The Morgan fingerprint density at radius 2 is 1.79 bits per heavy atom. The Bertz CT molecular complexity index is 1220. The van der Waals surface area contributed by atoms with E-state index in [2.05, 4.69) is 4.98 Å². The summed E-state index contributed by atoms with van der Waals surface area (Å²) in [6.45, 7) is -0.321. The quantitative estimate of drug-likeness (QED) is 0.403. The molecule has 3 aromatic rings. The number of alkyl halides is 3. The van der Waals surface area contributed by atoms with Crippen LogP contribution < -0.4 is 4.74 Å². The fourth-order valence-electron chi connectivity index (χ4n) is 3.53. The SMILES string of the molecule is O=C(OC1(C(=O)O)CCC1)c1cc(F)c2ccccc2c1OCc1ccc(C(F)(F)F)cn1. The standard InChI is InChI=1S/C23H17F4NO5/c24-18-10-17(20(29)33-22(21(30)31)8-3-9-22)19(16-5-2-1-4-15(16)18)32-12-14-7-6-13(11-28-14)23(25,26)27/h1-2,4-7,10-11H,3,8-9,12H2,(H,30,31). The molecule has 4 rings (SSSR count). The monoisotopic (exact) mass is 463 g/mol. The highest BCUT2D eigenvalue weighted by molar-refractivity contribution is 6.02. The highest BCUT2D eigenvalue weighted by Crippen LogP contribution is 2.39. The second-order valence-corrected chi connectivity index (χ2v) is 7.65. The van der Waals surface area contributed by atoms with Gasteiger partial charge < -0.3 is 14.6 Å². The van der Waals surface area contributed by atoms with Crippen LogP contribution in [0.25, 0.3) is 10.8 Å². The van der Waals surface area contributed by atoms with Gasteiger partial charge in [-0.25, -0.2) is 14.0 Å². The number of carbonyl (C=O) groups is 2. The lowest BCUT2D eigenvalue weighted by atomic mass is 9.80. The number of aromatic nitrogens is 1. The van der Waals surface area contributed by atoms with Gasteiger partial charge in [-0.1, -0.05) is 24.3 Å². The topological polar surface area (TPSA) is 85.7 Å². The molecule has 0 bridgehead atoms. The number of hydrogen-bond acceptors (Lipinski definition) is 5. The molecule has 0 unspecified atom stereocenters. The van der Waals surface area contributed by atoms with Gasteiger partial charge in [0.15, 0.2) is 0 Å². The maximum Gasteiger partial charge on any atom is 0.417 e. The normalized spacial score (nSPS) is 15.0. The average molecular weight is 463 g/mol. The van der Waals surface area contributed by atoms with Crippen molar-refractivity contribution >= 4 is 22.7 Å². The molecule has 1 aliphatic rings. The number of benzene rings is 2. The molecular formula is C23H17F4NO5. The molecule has 2 aromatic carbocycles. The maximum atomic E-state index is 14.7. The zero-order valence-electron chi connectivity index (χ0n) is 17.0. The first-order valence-electron chi connectivity index (χ1n) is 9.94. The summed E-state index contributed by atoms with van der Waals surface area (Å²) in [5.74, 6) is -3.19. The summed E-state index contributed by atoms with van der Waals surface area (Å²) in [4.78, 5) is 28.2. The van der Waals surface area contributed by atoms with Gasteiger partial charge in [0, 0.05) is 17.0 Å². The summed E-state index contributed by atoms with van der Waals surface area (Å²) in [6.07, 6.45) is -3.05. The number of rotatable bonds is 6. The first-order valence-corrected chi connectivity index (χ1v) is 9.94. The zero-order chi connectivity index (χ0) is 23.8. The fraction of sp³-hybridized carbons (Fsp3) is 0.261. The maximum absolute atomic E-state index is 14.7. The number of fused-ring (bicyclic) bond motifs is 1. The molecule has 1 saturated carbocycles. The third-order valence-corrected chi connectivity index (χ3v) is 5.52. The second kappa shape index (κ2) is 8.34. The lowest BCUT2D eigenvalue weighted by molar-refractivity contribution is -0.168. The minimum atomic E-state index is -4.54. The van der Waals surface area contributed by atoms with Crippen molar-refractivity contribution in [1.29, 1.82) is 0 Å². The highest BCUT2D eigenvalue weighted by Gasteiger charge is 2.49. The Morgan fingerprint density at radius 1 is 1.09 bits per heavy atom. The van der Waals surface area contributed by atoms with Crippen LogP contribution in [0.15, 0.2) is 48.7 Å². The van der Waals surface area contributed by atoms with Crippen LogP contribution in [-0.4, -0.2) is 27.6 Å². The molecule has 0 radical (unpaired) electrons. The molecule has 0 atom stereocenters. The van der Waals surface area contributed by atoms with E-state index in [1.807, 2.05) is 0 Å².